The Morgan fingerprint density at radius 3 is 1.46 bits per heavy atom. The second kappa shape index (κ2) is 44.2. The smallest absolute Gasteiger partial charge is 0.294 e. The Labute approximate surface area is 744 Å². The van der Waals surface area contributed by atoms with E-state index in [1.165, 1.54) is 29.2 Å². The van der Waals surface area contributed by atoms with Crippen molar-refractivity contribution in [2.75, 3.05) is 60.1 Å². The summed E-state index contributed by atoms with van der Waals surface area (Å²) in [5.74, 6) is 0.743. The van der Waals surface area contributed by atoms with E-state index >= 15 is 0 Å². The number of halogens is 2. The first-order valence-electron chi connectivity index (χ1n) is 41.9. The number of amidine groups is 4. The molecule has 10 rings (SSSR count). The molecule has 0 radical (unpaired) electrons. The molecule has 1 unspecified atom stereocenters. The summed E-state index contributed by atoms with van der Waals surface area (Å²) >= 11 is 12.3. The van der Waals surface area contributed by atoms with Crippen molar-refractivity contribution in [3.05, 3.63) is 201 Å². The molecule has 4 aliphatic rings. The van der Waals surface area contributed by atoms with Gasteiger partial charge in [0.05, 0.1) is 68.1 Å². The monoisotopic (exact) mass is 1830 g/mol. The Balaban J connectivity index is 0.000000432. The van der Waals surface area contributed by atoms with Gasteiger partial charge in [-0.3, -0.25) is 69.5 Å². The molecule has 6 aromatic rings. The van der Waals surface area contributed by atoms with Gasteiger partial charge in [0.15, 0.2) is 5.71 Å². The standard InChI is InChI=1S/C65H81ClN6O15S4.C26H32ClN5O2/c1-45(67)72-57-33-30-50(87-5)42-53(57)62(46-26-28-47(66)29-27-46)69-56(63(72)68)41-49(74)23-12-8-6-7-11-21-48(73)22-13-10-16-36-65(4)55-44-52(91(84,85)86)32-35-59(55)71(38-18-20-40-89(78,79)80)61(65)25-15-9-14-24-60-64(2,3)54-43-51(90(81,82)83)31-34-58(54)70(60)37-17-19-39-88(75,76)77;1-17(29)32-24-13-12-21(34-2)16-22(24)25(18-8-10-19(27)11-9-18)31-23(26(32)30)15-20(33)7-5-3-4-6-14-28/h9,14-15,24-35,42-44,56,67-68H,6-8,10-13,16-23,36-41H2,1-5H3,(H3-,75,76,77,78,79,80,81,82,83,84,85,86);8-13,16,23,29-30H,3-7,14-15,28H2,1-2H3/t56-,65?;23-/m00/s1. The third-order valence-electron chi connectivity index (χ3n) is 22.7. The van der Waals surface area contributed by atoms with Crippen LogP contribution in [-0.4, -0.2) is 172 Å². The number of unbranched alkanes of at least 4 members (excludes halogenated alkanes) is 11. The molecule has 0 fully saturated rings. The number of hydrogen-bond donors (Lipinski definition) is 8. The Bertz CT molecular complexity index is 5700. The summed E-state index contributed by atoms with van der Waals surface area (Å²) in [5.41, 5.74) is 13.1. The Morgan fingerprint density at radius 1 is 0.544 bits per heavy atom. The number of ether oxygens (including phenoxy) is 2. The molecule has 28 nitrogen and oxygen atoms in total. The third kappa shape index (κ3) is 26.8. The van der Waals surface area contributed by atoms with Crippen molar-refractivity contribution in [1.82, 2.24) is 0 Å². The number of benzene rings is 6. The van der Waals surface area contributed by atoms with E-state index < -0.39 is 74.9 Å². The van der Waals surface area contributed by atoms with E-state index in [1.807, 2.05) is 84.9 Å². The van der Waals surface area contributed by atoms with E-state index in [2.05, 4.69) is 0 Å². The Hall–Kier alpha value is -9.58. The van der Waals surface area contributed by atoms with E-state index in [1.54, 1.807) is 106 Å². The van der Waals surface area contributed by atoms with Gasteiger partial charge in [-0.05, 0) is 202 Å². The average molecular weight is 1830 g/mol. The predicted octanol–water partition coefficient (Wildman–Crippen LogP) is 17.1. The number of nitrogens with one attached hydrogen (secondary N) is 4. The van der Waals surface area contributed by atoms with E-state index in [0.717, 1.165) is 73.0 Å². The van der Waals surface area contributed by atoms with Crippen molar-refractivity contribution in [2.45, 2.75) is 215 Å². The van der Waals surface area contributed by atoms with Gasteiger partial charge in [-0.25, -0.2) is 8.42 Å². The molecule has 672 valence electrons. The molecule has 125 heavy (non-hydrogen) atoms. The Morgan fingerprint density at radius 2 is 0.992 bits per heavy atom. The first-order chi connectivity index (χ1) is 59.1. The summed E-state index contributed by atoms with van der Waals surface area (Å²) in [5, 5.41) is 36.2. The fraction of sp³-hybridized carbons (Fsp3) is 0.429. The predicted molar refractivity (Wildman–Crippen MR) is 493 cm³/mol. The first kappa shape index (κ1) is 99.2. The van der Waals surface area contributed by atoms with E-state index in [4.69, 9.17) is 64.6 Å². The highest BCUT2D eigenvalue weighted by molar-refractivity contribution is 7.86. The van der Waals surface area contributed by atoms with Gasteiger partial charge in [-0.2, -0.15) is 29.8 Å². The van der Waals surface area contributed by atoms with E-state index in [0.29, 0.717) is 156 Å². The maximum atomic E-state index is 13.5. The van der Waals surface area contributed by atoms with Gasteiger partial charge in [0.2, 0.25) is 5.69 Å². The summed E-state index contributed by atoms with van der Waals surface area (Å²) in [6, 6.07) is 32.3. The van der Waals surface area contributed by atoms with Crippen molar-refractivity contribution in [3.8, 4) is 11.5 Å². The number of hydrogen-bond acceptors (Lipinski definition) is 22. The molecule has 3 atom stereocenters. The van der Waals surface area contributed by atoms with Crippen molar-refractivity contribution in [2.24, 2.45) is 15.7 Å². The third-order valence-corrected chi connectivity index (χ3v) is 26.5. The van der Waals surface area contributed by atoms with Gasteiger partial charge in [0.1, 0.15) is 70.8 Å². The summed E-state index contributed by atoms with van der Waals surface area (Å²) in [4.78, 5) is 53.9. The molecule has 0 saturated carbocycles. The summed E-state index contributed by atoms with van der Waals surface area (Å²) < 4.78 is 150. The number of nitrogens with zero attached hydrogens (tertiary/aromatic N) is 6. The quantitative estimate of drug-likeness (QED) is 0.00440. The number of ketones is 3. The van der Waals surface area contributed by atoms with Crippen molar-refractivity contribution in [1.29, 1.82) is 21.6 Å². The molecule has 0 aliphatic carbocycles. The second-order valence-corrected chi connectivity index (χ2v) is 39.2. The van der Waals surface area contributed by atoms with Crippen LogP contribution in [0.15, 0.2) is 177 Å². The number of Topliss-reactive ketones (excluding diaryl/α,β-unsaturated/α-hetero) is 3. The van der Waals surface area contributed by atoms with Crippen LogP contribution in [0, 0.1) is 21.6 Å². The van der Waals surface area contributed by atoms with E-state index in [-0.39, 0.29) is 89.1 Å². The number of carbonyl (C=O) groups excluding carboxylic acids is 3. The minimum atomic E-state index is -4.65. The molecule has 4 heterocycles. The van der Waals surface area contributed by atoms with Gasteiger partial charge >= 0.3 is 0 Å². The highest BCUT2D eigenvalue weighted by Crippen LogP contribution is 2.52. The van der Waals surface area contributed by atoms with Crippen LogP contribution in [-0.2, 0) is 65.7 Å². The van der Waals surface area contributed by atoms with Crippen LogP contribution < -0.4 is 29.9 Å². The maximum absolute atomic E-state index is 13.5. The number of nitrogens with two attached hydrogens (primary N) is 1. The molecule has 0 spiro atoms. The van der Waals surface area contributed by atoms with Crippen LogP contribution in [0.4, 0.5) is 22.7 Å². The van der Waals surface area contributed by atoms with Gasteiger partial charge in [0.25, 0.3) is 30.4 Å². The molecular formula is C91H113Cl2N11O17S4. The molecule has 0 bridgehead atoms. The second-order valence-electron chi connectivity index (χ2n) is 32.4. The fourth-order valence-electron chi connectivity index (χ4n) is 16.3. The summed E-state index contributed by atoms with van der Waals surface area (Å²) in [7, 11) is -14.8. The molecular weight excluding hydrogens is 1720 g/mol. The van der Waals surface area contributed by atoms with Crippen LogP contribution in [0.25, 0.3) is 0 Å². The van der Waals surface area contributed by atoms with Crippen molar-refractivity contribution in [3.63, 3.8) is 0 Å². The van der Waals surface area contributed by atoms with Gasteiger partial charge in [-0.15, -0.1) is 0 Å². The lowest BCUT2D eigenvalue weighted by molar-refractivity contribution is -0.438. The zero-order valence-electron chi connectivity index (χ0n) is 71.6. The van der Waals surface area contributed by atoms with Gasteiger partial charge < -0.3 is 24.7 Å². The Kier molecular flexibility index (Phi) is 35.1. The van der Waals surface area contributed by atoms with Crippen LogP contribution in [0.2, 0.25) is 10.0 Å². The number of carbonyl (C=O) groups is 3. The first-order valence-corrected chi connectivity index (χ1v) is 48.7. The highest BCUT2D eigenvalue weighted by Gasteiger charge is 2.46. The SMILES string of the molecule is COc1ccc2c(c1)C(c1ccc(Cl)cc1)=N[C@@H](CC(=O)CCCCCCCC(=O)CCCCCC1(C)/C(=C/C=C/C=C/C3=[N+](CCCCS(=O)(=O)O)c4ccc(S(=O)(=O)O)cc4C3(C)C)N(CCCCS(=O)(=O)[O-])c3ccc(S(=O)(=O)O)cc31)C(=N)N2C(C)=N.COc1ccc2c(c1)C(c1ccc(Cl)cc1)=N[C@@H](CC(=O)CCCCCCN)C(=N)N2C(C)=N. The number of fused-ring (bicyclic) bond motifs is 4. The number of anilines is 3. The minimum absolute atomic E-state index is 0.0191. The molecule has 0 amide bonds. The number of rotatable bonds is 43. The molecule has 9 N–H and O–H groups in total. The lowest BCUT2D eigenvalue weighted by Crippen LogP contribution is -2.41. The normalized spacial score (nSPS) is 17.3. The van der Waals surface area contributed by atoms with Crippen molar-refractivity contribution >= 4 is 144 Å². The van der Waals surface area contributed by atoms with Crippen LogP contribution in [0.5, 0.6) is 11.5 Å². The molecule has 0 aromatic heterocycles. The maximum Gasteiger partial charge on any atom is 0.294 e. The molecule has 6 aromatic carbocycles. The minimum Gasteiger partial charge on any atom is -0.748 e. The molecule has 0 saturated heterocycles. The lowest BCUT2D eigenvalue weighted by atomic mass is 9.77. The topological polar surface area (TPSA) is 449 Å². The number of aliphatic imine (C=N–C) groups is 2. The number of methoxy groups -OCH3 is 2. The number of benzodiazepines with no additional fused rings is 2. The molecule has 4 aliphatic heterocycles. The fourth-order valence-corrected chi connectivity index (χ4v) is 18.7. The summed E-state index contributed by atoms with van der Waals surface area (Å²) in [6.07, 6.45) is 21.2. The van der Waals surface area contributed by atoms with E-state index in [9.17, 15) is 71.7 Å². The summed E-state index contributed by atoms with van der Waals surface area (Å²) in [6.45, 7) is 10.2. The zero-order chi connectivity index (χ0) is 91.4. The molecule has 34 heteroatoms. The van der Waals surface area contributed by atoms with Crippen LogP contribution >= 0.6 is 23.2 Å². The number of allylic oxidation sites excluding steroid dienone is 6. The van der Waals surface area contributed by atoms with Gasteiger partial charge in [-0.1, -0.05) is 111 Å². The largest absolute Gasteiger partial charge is 0.748 e. The average Bonchev–Trinajstić information content (AvgIpc) is 1.77. The zero-order valence-corrected chi connectivity index (χ0v) is 76.4. The van der Waals surface area contributed by atoms with Crippen LogP contribution in [0.3, 0.4) is 0 Å². The van der Waals surface area contributed by atoms with Crippen LogP contribution in [0.1, 0.15) is 216 Å². The highest BCUT2D eigenvalue weighted by atomic mass is 35.5. The van der Waals surface area contributed by atoms with Crippen molar-refractivity contribution < 1.29 is 80.3 Å². The van der Waals surface area contributed by atoms with Gasteiger partial charge in [0, 0.05) is 124 Å². The lowest BCUT2D eigenvalue weighted by Gasteiger charge is -2.30.